The van der Waals surface area contributed by atoms with E-state index in [1.54, 1.807) is 24.3 Å². The zero-order chi connectivity index (χ0) is 14.8. The van der Waals surface area contributed by atoms with Crippen molar-refractivity contribution in [2.75, 3.05) is 14.2 Å². The second-order valence-electron chi connectivity index (χ2n) is 4.08. The average molecular weight is 282 g/mol. The maximum atomic E-state index is 13.1. The predicted octanol–water partition coefficient (Wildman–Crippen LogP) is 4.39. The highest BCUT2D eigenvalue weighted by atomic mass is 19.4. The minimum absolute atomic E-state index is 0.0655. The van der Waals surface area contributed by atoms with Crippen LogP contribution >= 0.6 is 0 Å². The van der Waals surface area contributed by atoms with Gasteiger partial charge in [-0.05, 0) is 17.7 Å². The fraction of sp³-hybridized carbons (Fsp3) is 0.200. The third-order valence-corrected chi connectivity index (χ3v) is 2.93. The summed E-state index contributed by atoms with van der Waals surface area (Å²) in [5.41, 5.74) is -0.290. The molecule has 2 nitrogen and oxygen atoms in total. The van der Waals surface area contributed by atoms with Gasteiger partial charge in [-0.2, -0.15) is 13.2 Å². The van der Waals surface area contributed by atoms with E-state index < -0.39 is 11.7 Å². The molecule has 0 amide bonds. The largest absolute Gasteiger partial charge is 0.493 e. The molecule has 0 atom stereocenters. The summed E-state index contributed by atoms with van der Waals surface area (Å²) in [5.74, 6) is 0.675. The van der Waals surface area contributed by atoms with Crippen molar-refractivity contribution in [3.63, 3.8) is 0 Å². The molecule has 0 aliphatic rings. The Labute approximate surface area is 114 Å². The van der Waals surface area contributed by atoms with Gasteiger partial charge in [-0.3, -0.25) is 0 Å². The van der Waals surface area contributed by atoms with Gasteiger partial charge < -0.3 is 9.47 Å². The molecule has 0 radical (unpaired) electrons. The Bertz CT molecular complexity index is 606. The molecule has 2 aromatic carbocycles. The highest BCUT2D eigenvalue weighted by Gasteiger charge is 2.34. The number of rotatable bonds is 3. The Morgan fingerprint density at radius 1 is 0.800 bits per heavy atom. The highest BCUT2D eigenvalue weighted by molar-refractivity contribution is 5.76. The molecule has 2 rings (SSSR count). The van der Waals surface area contributed by atoms with Gasteiger partial charge in [0.15, 0.2) is 11.5 Å². The number of ether oxygens (including phenoxy) is 2. The van der Waals surface area contributed by atoms with E-state index in [0.29, 0.717) is 11.3 Å². The summed E-state index contributed by atoms with van der Waals surface area (Å²) in [6, 6.07) is 10.2. The van der Waals surface area contributed by atoms with Crippen molar-refractivity contribution in [2.45, 2.75) is 6.18 Å². The molecular formula is C15H13F3O2. The lowest BCUT2D eigenvalue weighted by Gasteiger charge is -2.16. The zero-order valence-electron chi connectivity index (χ0n) is 11.0. The van der Waals surface area contributed by atoms with Gasteiger partial charge in [0, 0.05) is 5.56 Å². The number of para-hydroxylation sites is 1. The predicted molar refractivity (Wildman–Crippen MR) is 70.0 cm³/mol. The Hall–Kier alpha value is -2.17. The van der Waals surface area contributed by atoms with Gasteiger partial charge in [-0.1, -0.05) is 30.3 Å². The second kappa shape index (κ2) is 5.45. The number of benzene rings is 2. The Kier molecular flexibility index (Phi) is 3.88. The molecule has 0 saturated heterocycles. The first kappa shape index (κ1) is 14.2. The number of hydrogen-bond acceptors (Lipinski definition) is 2. The maximum absolute atomic E-state index is 13.1. The van der Waals surface area contributed by atoms with Crippen molar-refractivity contribution in [1.29, 1.82) is 0 Å². The van der Waals surface area contributed by atoms with Crippen molar-refractivity contribution >= 4 is 0 Å². The van der Waals surface area contributed by atoms with E-state index in [9.17, 15) is 13.2 Å². The lowest BCUT2D eigenvalue weighted by atomic mass is 9.98. The van der Waals surface area contributed by atoms with Crippen LogP contribution in [0, 0.1) is 0 Å². The van der Waals surface area contributed by atoms with E-state index in [1.165, 1.54) is 26.4 Å². The van der Waals surface area contributed by atoms with Gasteiger partial charge in [-0.25, -0.2) is 0 Å². The highest BCUT2D eigenvalue weighted by Crippen LogP contribution is 2.43. The quantitative estimate of drug-likeness (QED) is 0.831. The fourth-order valence-electron chi connectivity index (χ4n) is 2.06. The van der Waals surface area contributed by atoms with E-state index in [0.717, 1.165) is 6.07 Å². The summed E-state index contributed by atoms with van der Waals surface area (Å²) in [7, 11) is 2.84. The molecule has 0 aliphatic heterocycles. The van der Waals surface area contributed by atoms with Crippen molar-refractivity contribution < 1.29 is 22.6 Å². The second-order valence-corrected chi connectivity index (χ2v) is 4.08. The molecule has 0 N–H and O–H groups in total. The lowest BCUT2D eigenvalue weighted by molar-refractivity contribution is -0.137. The lowest BCUT2D eigenvalue weighted by Crippen LogP contribution is -2.07. The first-order chi connectivity index (χ1) is 9.49. The van der Waals surface area contributed by atoms with Crippen LogP contribution in [0.1, 0.15) is 5.56 Å². The van der Waals surface area contributed by atoms with E-state index in [1.807, 2.05) is 0 Å². The number of alkyl halides is 3. The van der Waals surface area contributed by atoms with Crippen LogP contribution in [0.15, 0.2) is 42.5 Å². The first-order valence-corrected chi connectivity index (χ1v) is 5.86. The number of halogens is 3. The Balaban J connectivity index is 2.70. The summed E-state index contributed by atoms with van der Waals surface area (Å²) in [4.78, 5) is 0. The summed E-state index contributed by atoms with van der Waals surface area (Å²) in [6.07, 6.45) is -4.43. The molecule has 0 bridgehead atoms. The Morgan fingerprint density at radius 3 is 2.05 bits per heavy atom. The minimum Gasteiger partial charge on any atom is -0.493 e. The SMILES string of the molecule is COc1cccc(-c2ccccc2C(F)(F)F)c1OC. The van der Waals surface area contributed by atoms with Gasteiger partial charge in [0.2, 0.25) is 0 Å². The molecule has 106 valence electrons. The van der Waals surface area contributed by atoms with Crippen LogP contribution in [-0.4, -0.2) is 14.2 Å². The van der Waals surface area contributed by atoms with E-state index in [-0.39, 0.29) is 11.3 Å². The molecule has 0 fully saturated rings. The van der Waals surface area contributed by atoms with Crippen LogP contribution in [0.5, 0.6) is 11.5 Å². The van der Waals surface area contributed by atoms with Crippen molar-refractivity contribution in [3.05, 3.63) is 48.0 Å². The molecule has 20 heavy (non-hydrogen) atoms. The normalized spacial score (nSPS) is 11.2. The van der Waals surface area contributed by atoms with Crippen LogP contribution in [0.3, 0.4) is 0 Å². The maximum Gasteiger partial charge on any atom is 0.417 e. The molecule has 0 spiro atoms. The first-order valence-electron chi connectivity index (χ1n) is 5.86. The smallest absolute Gasteiger partial charge is 0.417 e. The fourth-order valence-corrected chi connectivity index (χ4v) is 2.06. The summed E-state index contributed by atoms with van der Waals surface area (Å²) in [6.45, 7) is 0. The molecule has 0 unspecified atom stereocenters. The van der Waals surface area contributed by atoms with Crippen LogP contribution in [0.2, 0.25) is 0 Å². The van der Waals surface area contributed by atoms with E-state index in [4.69, 9.17) is 9.47 Å². The molecule has 0 heterocycles. The Morgan fingerprint density at radius 2 is 1.45 bits per heavy atom. The third kappa shape index (κ3) is 2.57. The van der Waals surface area contributed by atoms with Gasteiger partial charge >= 0.3 is 6.18 Å². The molecule has 5 heteroatoms. The number of hydrogen-bond donors (Lipinski definition) is 0. The van der Waals surface area contributed by atoms with Gasteiger partial charge in [0.1, 0.15) is 0 Å². The number of methoxy groups -OCH3 is 2. The monoisotopic (exact) mass is 282 g/mol. The molecule has 0 aromatic heterocycles. The zero-order valence-corrected chi connectivity index (χ0v) is 11.0. The molecule has 2 aromatic rings. The van der Waals surface area contributed by atoms with Gasteiger partial charge in [0.05, 0.1) is 19.8 Å². The van der Waals surface area contributed by atoms with E-state index in [2.05, 4.69) is 0 Å². The molecule has 0 saturated carbocycles. The standard InChI is InChI=1S/C15H13F3O2/c1-19-13-9-5-7-11(14(13)20-2)10-6-3-4-8-12(10)15(16,17)18/h3-9H,1-2H3. The van der Waals surface area contributed by atoms with Crippen molar-refractivity contribution in [2.24, 2.45) is 0 Å². The van der Waals surface area contributed by atoms with Crippen molar-refractivity contribution in [1.82, 2.24) is 0 Å². The van der Waals surface area contributed by atoms with Gasteiger partial charge in [-0.15, -0.1) is 0 Å². The molecular weight excluding hydrogens is 269 g/mol. The molecule has 0 aliphatic carbocycles. The van der Waals surface area contributed by atoms with Crippen LogP contribution < -0.4 is 9.47 Å². The van der Waals surface area contributed by atoms with Crippen LogP contribution in [0.25, 0.3) is 11.1 Å². The summed E-state index contributed by atoms with van der Waals surface area (Å²) in [5, 5.41) is 0. The van der Waals surface area contributed by atoms with Crippen LogP contribution in [-0.2, 0) is 6.18 Å². The average Bonchev–Trinajstić information content (AvgIpc) is 2.45. The van der Waals surface area contributed by atoms with Crippen LogP contribution in [0.4, 0.5) is 13.2 Å². The third-order valence-electron chi connectivity index (χ3n) is 2.93. The minimum atomic E-state index is -4.43. The van der Waals surface area contributed by atoms with Crippen molar-refractivity contribution in [3.8, 4) is 22.6 Å². The summed E-state index contributed by atoms with van der Waals surface area (Å²) < 4.78 is 49.6. The summed E-state index contributed by atoms with van der Waals surface area (Å²) >= 11 is 0. The van der Waals surface area contributed by atoms with Gasteiger partial charge in [0.25, 0.3) is 0 Å². The topological polar surface area (TPSA) is 18.5 Å². The van der Waals surface area contributed by atoms with E-state index >= 15 is 0 Å².